The molecule has 7 aromatic carbocycles. The van der Waals surface area contributed by atoms with Gasteiger partial charge >= 0.3 is 0 Å². The fourth-order valence-corrected chi connectivity index (χ4v) is 6.78. The van der Waals surface area contributed by atoms with Crippen LogP contribution in [0.15, 0.2) is 170 Å². The average Bonchev–Trinajstić information content (AvgIpc) is 3.47. The minimum atomic E-state index is 0.939. The van der Waals surface area contributed by atoms with Crippen molar-refractivity contribution in [2.45, 2.75) is 6.42 Å². The van der Waals surface area contributed by atoms with E-state index >= 15 is 0 Å². The molecule has 0 heteroatoms. The summed E-state index contributed by atoms with van der Waals surface area (Å²) in [6.45, 7) is 0. The molecular weight excluding hydrogens is 516 g/mol. The van der Waals surface area contributed by atoms with Crippen LogP contribution in [0.4, 0.5) is 0 Å². The molecule has 0 fully saturated rings. The third kappa shape index (κ3) is 4.49. The lowest BCUT2D eigenvalue weighted by molar-refractivity contribution is 1.26. The van der Waals surface area contributed by atoms with Gasteiger partial charge in [0.1, 0.15) is 0 Å². The van der Waals surface area contributed by atoms with Gasteiger partial charge in [-0.15, -0.1) is 0 Å². The molecule has 0 saturated heterocycles. The summed E-state index contributed by atoms with van der Waals surface area (Å²) in [5.41, 5.74) is 18.1. The largest absolute Gasteiger partial charge is 0.0622 e. The molecule has 202 valence electrons. The Bertz CT molecular complexity index is 2080. The van der Waals surface area contributed by atoms with E-state index in [-0.39, 0.29) is 0 Å². The van der Waals surface area contributed by atoms with Crippen molar-refractivity contribution >= 4 is 0 Å². The summed E-state index contributed by atoms with van der Waals surface area (Å²) >= 11 is 0. The second kappa shape index (κ2) is 10.7. The molecule has 8 rings (SSSR count). The van der Waals surface area contributed by atoms with E-state index in [9.17, 15) is 0 Å². The van der Waals surface area contributed by atoms with Gasteiger partial charge < -0.3 is 0 Å². The van der Waals surface area contributed by atoms with Crippen molar-refractivity contribution in [2.24, 2.45) is 0 Å². The molecule has 1 aliphatic rings. The second-order valence-electron chi connectivity index (χ2n) is 11.2. The van der Waals surface area contributed by atoms with Crippen molar-refractivity contribution in [3.8, 4) is 66.8 Å². The smallest absolute Gasteiger partial charge is 0.000706 e. The number of fused-ring (bicyclic) bond motifs is 3. The molecule has 0 aliphatic heterocycles. The van der Waals surface area contributed by atoms with Crippen LogP contribution in [0.5, 0.6) is 0 Å². The Hall–Kier alpha value is -5.46. The van der Waals surface area contributed by atoms with Crippen molar-refractivity contribution in [1.82, 2.24) is 0 Å². The average molecular weight is 547 g/mol. The Balaban J connectivity index is 1.26. The first kappa shape index (κ1) is 25.3. The van der Waals surface area contributed by atoms with Gasteiger partial charge in [-0.1, -0.05) is 170 Å². The van der Waals surface area contributed by atoms with Crippen LogP contribution in [0.1, 0.15) is 11.1 Å². The first-order chi connectivity index (χ1) is 21.3. The molecule has 0 aromatic heterocycles. The van der Waals surface area contributed by atoms with Crippen molar-refractivity contribution in [3.63, 3.8) is 0 Å². The standard InChI is InChI=1S/C43H30/c1-3-14-30(15-4-1)32-26-27-35-33(28-32)29-43-37(35)24-13-25-42(43)41-23-12-11-22-40(41)39-21-10-9-20-38(39)36-19-8-7-18-34(36)31-16-5-2-6-17-31/h1-28H,29H2. The molecule has 0 heterocycles. The minimum absolute atomic E-state index is 0.939. The third-order valence-electron chi connectivity index (χ3n) is 8.78. The summed E-state index contributed by atoms with van der Waals surface area (Å²) in [5.74, 6) is 0. The van der Waals surface area contributed by atoms with E-state index in [1.54, 1.807) is 0 Å². The SMILES string of the molecule is c1ccc(-c2ccc3c(c2)Cc2c-3cccc2-c2ccccc2-c2ccccc2-c2ccccc2-c2ccccc2)cc1. The van der Waals surface area contributed by atoms with E-state index in [0.717, 1.165) is 6.42 Å². The zero-order valence-electron chi connectivity index (χ0n) is 23.9. The molecule has 7 aromatic rings. The Morgan fingerprint density at radius 1 is 0.256 bits per heavy atom. The summed E-state index contributed by atoms with van der Waals surface area (Å²) in [4.78, 5) is 0. The Labute approximate surface area is 253 Å². The van der Waals surface area contributed by atoms with Gasteiger partial charge in [-0.25, -0.2) is 0 Å². The molecule has 0 amide bonds. The molecule has 0 spiro atoms. The molecule has 0 N–H and O–H groups in total. The van der Waals surface area contributed by atoms with Crippen LogP contribution >= 0.6 is 0 Å². The predicted octanol–water partition coefficient (Wildman–Crippen LogP) is 11.6. The molecule has 0 atom stereocenters. The van der Waals surface area contributed by atoms with Crippen LogP contribution in [0.2, 0.25) is 0 Å². The number of hydrogen-bond donors (Lipinski definition) is 0. The summed E-state index contributed by atoms with van der Waals surface area (Å²) < 4.78 is 0. The van der Waals surface area contributed by atoms with Crippen molar-refractivity contribution in [3.05, 3.63) is 181 Å². The van der Waals surface area contributed by atoms with Crippen molar-refractivity contribution in [2.75, 3.05) is 0 Å². The summed E-state index contributed by atoms with van der Waals surface area (Å²) in [6, 6.07) is 61.8. The zero-order chi connectivity index (χ0) is 28.6. The lowest BCUT2D eigenvalue weighted by atomic mass is 9.85. The zero-order valence-corrected chi connectivity index (χ0v) is 23.9. The first-order valence-corrected chi connectivity index (χ1v) is 15.0. The first-order valence-electron chi connectivity index (χ1n) is 15.0. The quantitative estimate of drug-likeness (QED) is 0.201. The highest BCUT2D eigenvalue weighted by molar-refractivity contribution is 5.97. The van der Waals surface area contributed by atoms with Crippen LogP contribution in [-0.4, -0.2) is 0 Å². The molecule has 0 nitrogen and oxygen atoms in total. The van der Waals surface area contributed by atoms with Gasteiger partial charge in [0.05, 0.1) is 0 Å². The molecule has 0 unspecified atom stereocenters. The van der Waals surface area contributed by atoms with Gasteiger partial charge in [0, 0.05) is 0 Å². The van der Waals surface area contributed by atoms with E-state index in [2.05, 4.69) is 170 Å². The number of benzene rings is 7. The van der Waals surface area contributed by atoms with Crippen LogP contribution in [-0.2, 0) is 6.42 Å². The monoisotopic (exact) mass is 546 g/mol. The van der Waals surface area contributed by atoms with Gasteiger partial charge in [0.15, 0.2) is 0 Å². The lowest BCUT2D eigenvalue weighted by Crippen LogP contribution is -1.93. The summed E-state index contributed by atoms with van der Waals surface area (Å²) in [7, 11) is 0. The van der Waals surface area contributed by atoms with Gasteiger partial charge in [-0.3, -0.25) is 0 Å². The molecule has 0 radical (unpaired) electrons. The van der Waals surface area contributed by atoms with E-state index < -0.39 is 0 Å². The van der Waals surface area contributed by atoms with Crippen LogP contribution < -0.4 is 0 Å². The molecule has 0 saturated carbocycles. The molecular formula is C43H30. The highest BCUT2D eigenvalue weighted by atomic mass is 14.3. The summed E-state index contributed by atoms with van der Waals surface area (Å²) in [6.07, 6.45) is 0.939. The van der Waals surface area contributed by atoms with Gasteiger partial charge in [0.25, 0.3) is 0 Å². The van der Waals surface area contributed by atoms with Crippen LogP contribution in [0.25, 0.3) is 66.8 Å². The van der Waals surface area contributed by atoms with Gasteiger partial charge in [-0.05, 0) is 84.3 Å². The van der Waals surface area contributed by atoms with Gasteiger partial charge in [-0.2, -0.15) is 0 Å². The fourth-order valence-electron chi connectivity index (χ4n) is 6.78. The molecule has 0 bridgehead atoms. The maximum Gasteiger partial charge on any atom is -0.000706 e. The van der Waals surface area contributed by atoms with Crippen molar-refractivity contribution < 1.29 is 0 Å². The highest BCUT2D eigenvalue weighted by Gasteiger charge is 2.24. The molecule has 43 heavy (non-hydrogen) atoms. The second-order valence-corrected chi connectivity index (χ2v) is 11.2. The van der Waals surface area contributed by atoms with Crippen LogP contribution in [0, 0.1) is 0 Å². The highest BCUT2D eigenvalue weighted by Crippen LogP contribution is 2.46. The number of rotatable bonds is 5. The Morgan fingerprint density at radius 2 is 0.674 bits per heavy atom. The fraction of sp³-hybridized carbons (Fsp3) is 0.0233. The number of hydrogen-bond acceptors (Lipinski definition) is 0. The minimum Gasteiger partial charge on any atom is -0.0622 e. The maximum absolute atomic E-state index is 2.39. The van der Waals surface area contributed by atoms with Crippen molar-refractivity contribution in [1.29, 1.82) is 0 Å². The van der Waals surface area contributed by atoms with E-state index in [0.29, 0.717) is 0 Å². The Kier molecular flexibility index (Phi) is 6.31. The molecule has 1 aliphatic carbocycles. The van der Waals surface area contributed by atoms with E-state index in [1.165, 1.54) is 77.9 Å². The van der Waals surface area contributed by atoms with Crippen LogP contribution in [0.3, 0.4) is 0 Å². The third-order valence-corrected chi connectivity index (χ3v) is 8.78. The predicted molar refractivity (Wildman–Crippen MR) is 182 cm³/mol. The normalized spacial score (nSPS) is 11.6. The van der Waals surface area contributed by atoms with Gasteiger partial charge in [0.2, 0.25) is 0 Å². The Morgan fingerprint density at radius 3 is 1.26 bits per heavy atom. The van der Waals surface area contributed by atoms with E-state index in [1.807, 2.05) is 0 Å². The lowest BCUT2D eigenvalue weighted by Gasteiger charge is -2.18. The topological polar surface area (TPSA) is 0 Å². The summed E-state index contributed by atoms with van der Waals surface area (Å²) in [5, 5.41) is 0. The maximum atomic E-state index is 2.39. The van der Waals surface area contributed by atoms with E-state index in [4.69, 9.17) is 0 Å².